The molecule has 22 heavy (non-hydrogen) atoms. The molecule has 1 aromatic heterocycles. The van der Waals surface area contributed by atoms with Crippen LogP contribution in [0.5, 0.6) is 5.75 Å². The molecule has 0 unspecified atom stereocenters. The highest BCUT2D eigenvalue weighted by atomic mass is 16.5. The molecule has 0 aliphatic carbocycles. The molecule has 5 heteroatoms. The van der Waals surface area contributed by atoms with E-state index < -0.39 is 0 Å². The molecular weight excluding hydrogens is 278 g/mol. The molecule has 3 rings (SSSR count). The third-order valence-corrected chi connectivity index (χ3v) is 4.01. The third-order valence-electron chi connectivity index (χ3n) is 4.01. The van der Waals surface area contributed by atoms with Gasteiger partial charge in [-0.3, -0.25) is 0 Å². The Labute approximate surface area is 130 Å². The average molecular weight is 299 g/mol. The van der Waals surface area contributed by atoms with E-state index >= 15 is 0 Å². The first-order chi connectivity index (χ1) is 10.7. The highest BCUT2D eigenvalue weighted by Crippen LogP contribution is 2.25. The van der Waals surface area contributed by atoms with E-state index in [1.807, 2.05) is 31.2 Å². The SMILES string of the molecule is COc1ccc(-c2nccc(N3CCC[C@H](O)C3)n2)cc1C. The number of β-amino-alcohol motifs (C(OH)–C–C–N with tert-alkyl or cyclic N) is 1. The van der Waals surface area contributed by atoms with E-state index in [1.54, 1.807) is 13.3 Å². The van der Waals surface area contributed by atoms with Gasteiger partial charge < -0.3 is 14.7 Å². The Morgan fingerprint density at radius 2 is 2.18 bits per heavy atom. The third kappa shape index (κ3) is 3.04. The fourth-order valence-corrected chi connectivity index (χ4v) is 2.84. The van der Waals surface area contributed by atoms with E-state index in [2.05, 4.69) is 14.9 Å². The lowest BCUT2D eigenvalue weighted by Gasteiger charge is -2.31. The molecular formula is C17H21N3O2. The Kier molecular flexibility index (Phi) is 4.24. The molecule has 0 radical (unpaired) electrons. The van der Waals surface area contributed by atoms with Crippen LogP contribution in [0, 0.1) is 6.92 Å². The Morgan fingerprint density at radius 1 is 1.32 bits per heavy atom. The first-order valence-corrected chi connectivity index (χ1v) is 7.58. The van der Waals surface area contributed by atoms with Gasteiger partial charge >= 0.3 is 0 Å². The van der Waals surface area contributed by atoms with Gasteiger partial charge in [-0.25, -0.2) is 9.97 Å². The molecule has 1 saturated heterocycles. The van der Waals surface area contributed by atoms with Crippen molar-refractivity contribution < 1.29 is 9.84 Å². The molecule has 2 aromatic rings. The zero-order valence-electron chi connectivity index (χ0n) is 13.0. The van der Waals surface area contributed by atoms with Crippen molar-refractivity contribution in [2.24, 2.45) is 0 Å². The zero-order chi connectivity index (χ0) is 15.5. The highest BCUT2D eigenvalue weighted by Gasteiger charge is 2.19. The number of piperidine rings is 1. The van der Waals surface area contributed by atoms with Gasteiger partial charge in [-0.05, 0) is 49.6 Å². The van der Waals surface area contributed by atoms with Crippen LogP contribution < -0.4 is 9.64 Å². The summed E-state index contributed by atoms with van der Waals surface area (Å²) in [6.07, 6.45) is 3.36. The summed E-state index contributed by atoms with van der Waals surface area (Å²) in [6.45, 7) is 3.57. The van der Waals surface area contributed by atoms with Crippen LogP contribution in [0.25, 0.3) is 11.4 Å². The van der Waals surface area contributed by atoms with Crippen LogP contribution in [0.3, 0.4) is 0 Å². The molecule has 5 nitrogen and oxygen atoms in total. The summed E-state index contributed by atoms with van der Waals surface area (Å²) >= 11 is 0. The lowest BCUT2D eigenvalue weighted by atomic mass is 10.1. The lowest BCUT2D eigenvalue weighted by Crippen LogP contribution is -2.38. The molecule has 0 bridgehead atoms. The summed E-state index contributed by atoms with van der Waals surface area (Å²) in [6, 6.07) is 7.84. The number of aryl methyl sites for hydroxylation is 1. The number of aliphatic hydroxyl groups is 1. The van der Waals surface area contributed by atoms with E-state index in [0.717, 1.165) is 42.1 Å². The van der Waals surface area contributed by atoms with Crippen LogP contribution >= 0.6 is 0 Å². The second-order valence-electron chi connectivity index (χ2n) is 5.66. The van der Waals surface area contributed by atoms with Gasteiger partial charge in [0.2, 0.25) is 0 Å². The fourth-order valence-electron chi connectivity index (χ4n) is 2.84. The number of ether oxygens (including phenoxy) is 1. The van der Waals surface area contributed by atoms with Gasteiger partial charge in [-0.15, -0.1) is 0 Å². The number of hydrogen-bond donors (Lipinski definition) is 1. The number of rotatable bonds is 3. The Bertz CT molecular complexity index is 660. The van der Waals surface area contributed by atoms with Crippen molar-refractivity contribution in [2.45, 2.75) is 25.9 Å². The summed E-state index contributed by atoms with van der Waals surface area (Å²) in [4.78, 5) is 11.2. The molecule has 0 spiro atoms. The van der Waals surface area contributed by atoms with Crippen LogP contribution in [0.15, 0.2) is 30.5 Å². The lowest BCUT2D eigenvalue weighted by molar-refractivity contribution is 0.154. The van der Waals surface area contributed by atoms with Crippen molar-refractivity contribution in [2.75, 3.05) is 25.1 Å². The zero-order valence-corrected chi connectivity index (χ0v) is 13.0. The first-order valence-electron chi connectivity index (χ1n) is 7.58. The minimum Gasteiger partial charge on any atom is -0.496 e. The Balaban J connectivity index is 1.89. The minimum atomic E-state index is -0.268. The van der Waals surface area contributed by atoms with Crippen LogP contribution in [0.1, 0.15) is 18.4 Å². The van der Waals surface area contributed by atoms with Gasteiger partial charge in [-0.2, -0.15) is 0 Å². The molecule has 116 valence electrons. The van der Waals surface area contributed by atoms with Gasteiger partial charge in [-0.1, -0.05) is 0 Å². The van der Waals surface area contributed by atoms with E-state index in [9.17, 15) is 5.11 Å². The predicted octanol–water partition coefficient (Wildman–Crippen LogP) is 2.42. The topological polar surface area (TPSA) is 58.5 Å². The predicted molar refractivity (Wildman–Crippen MR) is 86.2 cm³/mol. The quantitative estimate of drug-likeness (QED) is 0.943. The average Bonchev–Trinajstić information content (AvgIpc) is 2.55. The van der Waals surface area contributed by atoms with Crippen molar-refractivity contribution in [1.82, 2.24) is 9.97 Å². The second-order valence-corrected chi connectivity index (χ2v) is 5.66. The van der Waals surface area contributed by atoms with Crippen LogP contribution in [-0.4, -0.2) is 41.4 Å². The molecule has 1 aliphatic rings. The number of hydrogen-bond acceptors (Lipinski definition) is 5. The maximum atomic E-state index is 9.82. The van der Waals surface area contributed by atoms with Crippen LogP contribution in [-0.2, 0) is 0 Å². The summed E-state index contributed by atoms with van der Waals surface area (Å²) in [7, 11) is 1.67. The van der Waals surface area contributed by atoms with Gasteiger partial charge in [0.05, 0.1) is 13.2 Å². The number of aromatic nitrogens is 2. The maximum Gasteiger partial charge on any atom is 0.161 e. The van der Waals surface area contributed by atoms with E-state index in [0.29, 0.717) is 12.4 Å². The van der Waals surface area contributed by atoms with Crippen molar-refractivity contribution in [3.63, 3.8) is 0 Å². The van der Waals surface area contributed by atoms with Crippen molar-refractivity contribution in [3.05, 3.63) is 36.0 Å². The Hall–Kier alpha value is -2.14. The summed E-state index contributed by atoms with van der Waals surface area (Å²) < 4.78 is 5.29. The molecule has 0 amide bonds. The van der Waals surface area contributed by atoms with Crippen LogP contribution in [0.4, 0.5) is 5.82 Å². The Morgan fingerprint density at radius 3 is 2.91 bits per heavy atom. The van der Waals surface area contributed by atoms with Gasteiger partial charge in [0.15, 0.2) is 5.82 Å². The molecule has 1 atom stereocenters. The molecule has 1 aliphatic heterocycles. The number of benzene rings is 1. The van der Waals surface area contributed by atoms with E-state index in [1.165, 1.54) is 0 Å². The molecule has 2 heterocycles. The molecule has 0 saturated carbocycles. The van der Waals surface area contributed by atoms with Crippen LogP contribution in [0.2, 0.25) is 0 Å². The number of methoxy groups -OCH3 is 1. The van der Waals surface area contributed by atoms with Crippen molar-refractivity contribution in [1.29, 1.82) is 0 Å². The number of nitrogens with zero attached hydrogens (tertiary/aromatic N) is 3. The number of aliphatic hydroxyl groups excluding tert-OH is 1. The molecule has 1 fully saturated rings. The molecule has 1 N–H and O–H groups in total. The monoisotopic (exact) mass is 299 g/mol. The van der Waals surface area contributed by atoms with Gasteiger partial charge in [0, 0.05) is 24.8 Å². The standard InChI is InChI=1S/C17H21N3O2/c1-12-10-13(5-6-15(12)22-2)17-18-8-7-16(19-17)20-9-3-4-14(21)11-20/h5-8,10,14,21H,3-4,9,11H2,1-2H3/t14-/m0/s1. The summed E-state index contributed by atoms with van der Waals surface area (Å²) in [5.74, 6) is 2.43. The molecule has 1 aromatic carbocycles. The van der Waals surface area contributed by atoms with Crippen molar-refractivity contribution >= 4 is 5.82 Å². The summed E-state index contributed by atoms with van der Waals surface area (Å²) in [5, 5.41) is 9.82. The second kappa shape index (κ2) is 6.32. The summed E-state index contributed by atoms with van der Waals surface area (Å²) in [5.41, 5.74) is 2.03. The van der Waals surface area contributed by atoms with E-state index in [4.69, 9.17) is 4.74 Å². The first kappa shape index (κ1) is 14.8. The maximum absolute atomic E-state index is 9.82. The van der Waals surface area contributed by atoms with Crippen molar-refractivity contribution in [3.8, 4) is 17.1 Å². The van der Waals surface area contributed by atoms with E-state index in [-0.39, 0.29) is 6.10 Å². The van der Waals surface area contributed by atoms with Gasteiger partial charge in [0.1, 0.15) is 11.6 Å². The smallest absolute Gasteiger partial charge is 0.161 e. The highest BCUT2D eigenvalue weighted by molar-refractivity contribution is 5.60. The number of anilines is 1. The normalized spacial score (nSPS) is 18.3. The minimum absolute atomic E-state index is 0.268. The fraction of sp³-hybridized carbons (Fsp3) is 0.412. The van der Waals surface area contributed by atoms with Gasteiger partial charge in [0.25, 0.3) is 0 Å². The largest absolute Gasteiger partial charge is 0.496 e.